The number of nitrogens with one attached hydrogen (secondary N) is 1. The standard InChI is InChI=1S/C21H27N3O2/c1-15(2)14-22-19(25)13-20(26)24-11-10-23-9-5-8-18(23)21(24)17-7-4-6-16(3)12-17/h4-9,12,15,21H,10-11,13-14H2,1-3H3,(H,22,25)/t21-/m0/s1. The van der Waals surface area contributed by atoms with Crippen LogP contribution in [0.15, 0.2) is 42.6 Å². The maximum atomic E-state index is 12.9. The third-order valence-electron chi connectivity index (χ3n) is 4.74. The third kappa shape index (κ3) is 3.98. The molecule has 26 heavy (non-hydrogen) atoms. The van der Waals surface area contributed by atoms with E-state index in [4.69, 9.17) is 0 Å². The first-order valence-corrected chi connectivity index (χ1v) is 9.23. The van der Waals surface area contributed by atoms with Crippen LogP contribution in [0.3, 0.4) is 0 Å². The van der Waals surface area contributed by atoms with E-state index >= 15 is 0 Å². The van der Waals surface area contributed by atoms with Gasteiger partial charge in [0.1, 0.15) is 6.42 Å². The Hall–Kier alpha value is -2.56. The quantitative estimate of drug-likeness (QED) is 0.841. The monoisotopic (exact) mass is 353 g/mol. The van der Waals surface area contributed by atoms with Gasteiger partial charge in [0, 0.05) is 31.5 Å². The molecule has 1 atom stereocenters. The molecule has 1 aromatic carbocycles. The number of fused-ring (bicyclic) bond motifs is 1. The lowest BCUT2D eigenvalue weighted by Gasteiger charge is -2.37. The predicted octanol–water partition coefficient (Wildman–Crippen LogP) is 2.89. The van der Waals surface area contributed by atoms with Crippen molar-refractivity contribution in [2.24, 2.45) is 5.92 Å². The molecule has 2 heterocycles. The van der Waals surface area contributed by atoms with Gasteiger partial charge in [-0.1, -0.05) is 43.7 Å². The average molecular weight is 353 g/mol. The molecule has 1 N–H and O–H groups in total. The van der Waals surface area contributed by atoms with Crippen molar-refractivity contribution in [3.05, 3.63) is 59.4 Å². The molecule has 138 valence electrons. The van der Waals surface area contributed by atoms with Crippen molar-refractivity contribution in [1.82, 2.24) is 14.8 Å². The van der Waals surface area contributed by atoms with Crippen molar-refractivity contribution in [2.75, 3.05) is 13.1 Å². The maximum absolute atomic E-state index is 12.9. The number of aromatic nitrogens is 1. The predicted molar refractivity (Wildman–Crippen MR) is 102 cm³/mol. The summed E-state index contributed by atoms with van der Waals surface area (Å²) in [5.41, 5.74) is 3.34. The summed E-state index contributed by atoms with van der Waals surface area (Å²) < 4.78 is 2.19. The molecule has 0 fully saturated rings. The van der Waals surface area contributed by atoms with Gasteiger partial charge in [-0.2, -0.15) is 0 Å². The molecule has 1 aliphatic rings. The number of rotatable bonds is 5. The van der Waals surface area contributed by atoms with Crippen LogP contribution in [0.4, 0.5) is 0 Å². The summed E-state index contributed by atoms with van der Waals surface area (Å²) in [5, 5.41) is 2.84. The van der Waals surface area contributed by atoms with E-state index in [-0.39, 0.29) is 24.3 Å². The zero-order valence-corrected chi connectivity index (χ0v) is 15.7. The molecular formula is C21H27N3O2. The Kier molecular flexibility index (Phi) is 5.45. The molecule has 0 saturated heterocycles. The van der Waals surface area contributed by atoms with Crippen LogP contribution in [0.25, 0.3) is 0 Å². The van der Waals surface area contributed by atoms with Gasteiger partial charge in [-0.15, -0.1) is 0 Å². The van der Waals surface area contributed by atoms with E-state index in [1.165, 1.54) is 0 Å². The first-order chi connectivity index (χ1) is 12.5. The van der Waals surface area contributed by atoms with Crippen LogP contribution >= 0.6 is 0 Å². The normalized spacial score (nSPS) is 16.5. The molecule has 0 bridgehead atoms. The zero-order valence-electron chi connectivity index (χ0n) is 15.7. The fraction of sp³-hybridized carbons (Fsp3) is 0.429. The fourth-order valence-corrected chi connectivity index (χ4v) is 3.46. The molecule has 2 aromatic rings. The molecule has 0 saturated carbocycles. The van der Waals surface area contributed by atoms with E-state index in [1.807, 2.05) is 30.9 Å². The summed E-state index contributed by atoms with van der Waals surface area (Å²) in [6, 6.07) is 12.2. The van der Waals surface area contributed by atoms with Gasteiger partial charge in [-0.05, 0) is 30.5 Å². The highest BCUT2D eigenvalue weighted by Crippen LogP contribution is 2.33. The molecule has 3 rings (SSSR count). The summed E-state index contributed by atoms with van der Waals surface area (Å²) in [4.78, 5) is 26.9. The summed E-state index contributed by atoms with van der Waals surface area (Å²) in [5.74, 6) is 0.0465. The molecule has 5 heteroatoms. The second-order valence-electron chi connectivity index (χ2n) is 7.40. The van der Waals surface area contributed by atoms with Crippen LogP contribution in [0.1, 0.15) is 43.1 Å². The van der Waals surface area contributed by atoms with Gasteiger partial charge in [0.25, 0.3) is 0 Å². The van der Waals surface area contributed by atoms with E-state index in [0.717, 1.165) is 23.4 Å². The van der Waals surface area contributed by atoms with E-state index in [9.17, 15) is 9.59 Å². The van der Waals surface area contributed by atoms with Crippen molar-refractivity contribution in [1.29, 1.82) is 0 Å². The van der Waals surface area contributed by atoms with Gasteiger partial charge in [-0.3, -0.25) is 9.59 Å². The summed E-state index contributed by atoms with van der Waals surface area (Å²) >= 11 is 0. The fourth-order valence-electron chi connectivity index (χ4n) is 3.46. The molecule has 0 radical (unpaired) electrons. The SMILES string of the molecule is Cc1cccc([C@H]2c3cccn3CCN2C(=O)CC(=O)NCC(C)C)c1. The van der Waals surface area contributed by atoms with Gasteiger partial charge >= 0.3 is 0 Å². The topological polar surface area (TPSA) is 54.3 Å². The van der Waals surface area contributed by atoms with Gasteiger partial charge in [0.2, 0.25) is 11.8 Å². The molecule has 1 aromatic heterocycles. The molecule has 5 nitrogen and oxygen atoms in total. The van der Waals surface area contributed by atoms with Gasteiger partial charge in [0.15, 0.2) is 0 Å². The number of amides is 2. The number of carbonyl (C=O) groups is 2. The minimum atomic E-state index is -0.201. The van der Waals surface area contributed by atoms with Crippen LogP contribution in [0.2, 0.25) is 0 Å². The van der Waals surface area contributed by atoms with Crippen molar-refractivity contribution >= 4 is 11.8 Å². The van der Waals surface area contributed by atoms with Crippen LogP contribution in [-0.2, 0) is 16.1 Å². The van der Waals surface area contributed by atoms with Gasteiger partial charge in [-0.25, -0.2) is 0 Å². The van der Waals surface area contributed by atoms with E-state index in [1.54, 1.807) is 0 Å². The lowest BCUT2D eigenvalue weighted by Crippen LogP contribution is -2.44. The zero-order chi connectivity index (χ0) is 18.7. The number of carbonyl (C=O) groups excluding carboxylic acids is 2. The molecule has 2 amide bonds. The van der Waals surface area contributed by atoms with Crippen molar-refractivity contribution in [3.63, 3.8) is 0 Å². The Morgan fingerprint density at radius 1 is 1.19 bits per heavy atom. The number of hydrogen-bond acceptors (Lipinski definition) is 2. The second-order valence-corrected chi connectivity index (χ2v) is 7.40. The summed E-state index contributed by atoms with van der Waals surface area (Å²) in [7, 11) is 0. The Morgan fingerprint density at radius 2 is 2.00 bits per heavy atom. The molecule has 0 unspecified atom stereocenters. The third-order valence-corrected chi connectivity index (χ3v) is 4.74. The molecule has 0 spiro atoms. The number of aryl methyl sites for hydroxylation is 1. The van der Waals surface area contributed by atoms with Crippen molar-refractivity contribution < 1.29 is 9.59 Å². The van der Waals surface area contributed by atoms with Gasteiger partial charge < -0.3 is 14.8 Å². The number of nitrogens with zero attached hydrogens (tertiary/aromatic N) is 2. The van der Waals surface area contributed by atoms with Gasteiger partial charge in [0.05, 0.1) is 6.04 Å². The Bertz CT molecular complexity index is 794. The summed E-state index contributed by atoms with van der Waals surface area (Å²) in [6.07, 6.45) is 1.95. The highest BCUT2D eigenvalue weighted by Gasteiger charge is 2.32. The van der Waals surface area contributed by atoms with Crippen LogP contribution < -0.4 is 5.32 Å². The lowest BCUT2D eigenvalue weighted by molar-refractivity contribution is -0.138. The molecular weight excluding hydrogens is 326 g/mol. The van der Waals surface area contributed by atoms with Crippen molar-refractivity contribution in [2.45, 2.75) is 39.8 Å². The Morgan fingerprint density at radius 3 is 2.73 bits per heavy atom. The molecule has 0 aliphatic carbocycles. The first-order valence-electron chi connectivity index (χ1n) is 9.23. The second kappa shape index (κ2) is 7.77. The Balaban J connectivity index is 1.83. The first kappa shape index (κ1) is 18.2. The number of benzene rings is 1. The number of hydrogen-bond donors (Lipinski definition) is 1. The minimum absolute atomic E-state index is 0.101. The lowest BCUT2D eigenvalue weighted by atomic mass is 9.98. The minimum Gasteiger partial charge on any atom is -0.355 e. The van der Waals surface area contributed by atoms with Crippen molar-refractivity contribution in [3.8, 4) is 0 Å². The maximum Gasteiger partial charge on any atom is 0.232 e. The smallest absolute Gasteiger partial charge is 0.232 e. The average Bonchev–Trinajstić information content (AvgIpc) is 3.07. The highest BCUT2D eigenvalue weighted by atomic mass is 16.2. The summed E-state index contributed by atoms with van der Waals surface area (Å²) in [6.45, 7) is 8.08. The van der Waals surface area contributed by atoms with Crippen LogP contribution in [0.5, 0.6) is 0 Å². The Labute approximate surface area is 155 Å². The van der Waals surface area contributed by atoms with E-state index in [0.29, 0.717) is 19.0 Å². The molecule has 1 aliphatic heterocycles. The van der Waals surface area contributed by atoms with E-state index < -0.39 is 0 Å². The highest BCUT2D eigenvalue weighted by molar-refractivity contribution is 5.97. The van der Waals surface area contributed by atoms with E-state index in [2.05, 4.69) is 47.3 Å². The largest absolute Gasteiger partial charge is 0.355 e. The van der Waals surface area contributed by atoms with Crippen LogP contribution in [-0.4, -0.2) is 34.4 Å². The van der Waals surface area contributed by atoms with Crippen LogP contribution in [0, 0.1) is 12.8 Å².